The van der Waals surface area contributed by atoms with Crippen molar-refractivity contribution in [1.29, 1.82) is 0 Å². The first-order chi connectivity index (χ1) is 8.24. The molecule has 0 aliphatic carbocycles. The standard InChI is InChI=1S/C11H16N6/c1-3-8-10(12)13-7-14-11(8)15-9-5-6-17(4-2)16-9/h5-7H,3-4H2,1-2H3,(H3,12,13,14,15,16). The van der Waals surface area contributed by atoms with E-state index in [-0.39, 0.29) is 0 Å². The number of aryl methyl sites for hydroxylation is 1. The smallest absolute Gasteiger partial charge is 0.153 e. The number of nitrogen functional groups attached to an aromatic ring is 1. The van der Waals surface area contributed by atoms with Gasteiger partial charge in [0.25, 0.3) is 0 Å². The van der Waals surface area contributed by atoms with Gasteiger partial charge in [-0.2, -0.15) is 5.10 Å². The summed E-state index contributed by atoms with van der Waals surface area (Å²) < 4.78 is 1.85. The molecular formula is C11H16N6. The minimum atomic E-state index is 0.514. The number of nitrogens with zero attached hydrogens (tertiary/aromatic N) is 4. The monoisotopic (exact) mass is 232 g/mol. The molecule has 0 fully saturated rings. The molecule has 0 atom stereocenters. The Bertz CT molecular complexity index is 504. The van der Waals surface area contributed by atoms with Crippen LogP contribution in [0.5, 0.6) is 0 Å². The zero-order valence-electron chi connectivity index (χ0n) is 10.0. The van der Waals surface area contributed by atoms with Crippen molar-refractivity contribution in [3.05, 3.63) is 24.2 Å². The molecule has 0 amide bonds. The Balaban J connectivity index is 2.26. The van der Waals surface area contributed by atoms with Crippen LogP contribution in [0.1, 0.15) is 19.4 Å². The minimum absolute atomic E-state index is 0.514. The number of aromatic nitrogens is 4. The van der Waals surface area contributed by atoms with E-state index in [1.54, 1.807) is 0 Å². The van der Waals surface area contributed by atoms with E-state index in [4.69, 9.17) is 5.73 Å². The maximum Gasteiger partial charge on any atom is 0.153 e. The number of nitrogens with two attached hydrogens (primary N) is 1. The molecule has 2 heterocycles. The Labute approximate surface area is 99.9 Å². The van der Waals surface area contributed by atoms with Gasteiger partial charge < -0.3 is 11.1 Å². The quantitative estimate of drug-likeness (QED) is 0.836. The SMILES string of the molecule is CCc1c(N)ncnc1Nc1ccn(CC)n1. The summed E-state index contributed by atoms with van der Waals surface area (Å²) in [5, 5.41) is 7.49. The molecule has 2 rings (SSSR count). The van der Waals surface area contributed by atoms with E-state index >= 15 is 0 Å². The molecule has 0 aromatic carbocycles. The van der Waals surface area contributed by atoms with Gasteiger partial charge in [0, 0.05) is 24.4 Å². The summed E-state index contributed by atoms with van der Waals surface area (Å²) in [6.45, 7) is 4.90. The maximum absolute atomic E-state index is 5.80. The van der Waals surface area contributed by atoms with Crippen molar-refractivity contribution in [3.8, 4) is 0 Å². The molecular weight excluding hydrogens is 216 g/mol. The fraction of sp³-hybridized carbons (Fsp3) is 0.364. The Morgan fingerprint density at radius 3 is 2.82 bits per heavy atom. The van der Waals surface area contributed by atoms with Gasteiger partial charge in [-0.05, 0) is 13.3 Å². The van der Waals surface area contributed by atoms with E-state index in [1.165, 1.54) is 6.33 Å². The normalized spacial score (nSPS) is 10.5. The number of hydrogen-bond donors (Lipinski definition) is 2. The van der Waals surface area contributed by atoms with Gasteiger partial charge in [-0.1, -0.05) is 6.92 Å². The van der Waals surface area contributed by atoms with Crippen LogP contribution in [0, 0.1) is 0 Å². The molecule has 0 saturated heterocycles. The van der Waals surface area contributed by atoms with Crippen molar-refractivity contribution >= 4 is 17.5 Å². The Morgan fingerprint density at radius 1 is 1.35 bits per heavy atom. The van der Waals surface area contributed by atoms with Crippen LogP contribution in [-0.4, -0.2) is 19.7 Å². The average molecular weight is 232 g/mol. The number of anilines is 3. The van der Waals surface area contributed by atoms with Crippen LogP contribution < -0.4 is 11.1 Å². The Morgan fingerprint density at radius 2 is 2.18 bits per heavy atom. The number of rotatable bonds is 4. The summed E-state index contributed by atoms with van der Waals surface area (Å²) in [7, 11) is 0. The molecule has 0 radical (unpaired) electrons. The van der Waals surface area contributed by atoms with Gasteiger partial charge in [0.05, 0.1) is 0 Å². The topological polar surface area (TPSA) is 81.6 Å². The molecule has 0 spiro atoms. The number of hydrogen-bond acceptors (Lipinski definition) is 5. The second-order valence-electron chi connectivity index (χ2n) is 3.62. The van der Waals surface area contributed by atoms with Gasteiger partial charge in [0.2, 0.25) is 0 Å². The third-order valence-electron chi connectivity index (χ3n) is 2.54. The van der Waals surface area contributed by atoms with Crippen molar-refractivity contribution in [2.75, 3.05) is 11.1 Å². The van der Waals surface area contributed by atoms with Crippen molar-refractivity contribution < 1.29 is 0 Å². The fourth-order valence-corrected chi connectivity index (χ4v) is 1.61. The largest absolute Gasteiger partial charge is 0.383 e. The van der Waals surface area contributed by atoms with Crippen LogP contribution in [0.4, 0.5) is 17.5 Å². The Hall–Kier alpha value is -2.11. The van der Waals surface area contributed by atoms with E-state index in [0.717, 1.165) is 30.2 Å². The highest BCUT2D eigenvalue weighted by Crippen LogP contribution is 2.20. The van der Waals surface area contributed by atoms with Crippen LogP contribution in [0.3, 0.4) is 0 Å². The van der Waals surface area contributed by atoms with Crippen molar-refractivity contribution in [2.45, 2.75) is 26.8 Å². The van der Waals surface area contributed by atoms with Gasteiger partial charge >= 0.3 is 0 Å². The lowest BCUT2D eigenvalue weighted by Gasteiger charge is -2.08. The first-order valence-electron chi connectivity index (χ1n) is 5.64. The fourth-order valence-electron chi connectivity index (χ4n) is 1.61. The zero-order valence-corrected chi connectivity index (χ0v) is 10.0. The second kappa shape index (κ2) is 4.82. The lowest BCUT2D eigenvalue weighted by atomic mass is 10.2. The Kier molecular flexibility index (Phi) is 3.22. The van der Waals surface area contributed by atoms with Crippen LogP contribution >= 0.6 is 0 Å². The molecule has 0 unspecified atom stereocenters. The van der Waals surface area contributed by atoms with Gasteiger partial charge in [0.15, 0.2) is 5.82 Å². The molecule has 3 N–H and O–H groups in total. The molecule has 0 aliphatic heterocycles. The average Bonchev–Trinajstić information content (AvgIpc) is 2.77. The molecule has 90 valence electrons. The predicted octanol–water partition coefficient (Wildman–Crippen LogP) is 1.58. The molecule has 2 aromatic heterocycles. The first kappa shape index (κ1) is 11.4. The van der Waals surface area contributed by atoms with Crippen molar-refractivity contribution in [2.24, 2.45) is 0 Å². The first-order valence-corrected chi connectivity index (χ1v) is 5.64. The molecule has 6 heteroatoms. The van der Waals surface area contributed by atoms with E-state index in [9.17, 15) is 0 Å². The van der Waals surface area contributed by atoms with E-state index in [1.807, 2.05) is 30.8 Å². The summed E-state index contributed by atoms with van der Waals surface area (Å²) in [4.78, 5) is 8.16. The summed E-state index contributed by atoms with van der Waals surface area (Å²) in [5.41, 5.74) is 6.72. The van der Waals surface area contributed by atoms with Crippen LogP contribution in [-0.2, 0) is 13.0 Å². The number of nitrogens with one attached hydrogen (secondary N) is 1. The highest BCUT2D eigenvalue weighted by molar-refractivity contribution is 5.61. The zero-order chi connectivity index (χ0) is 12.3. The lowest BCUT2D eigenvalue weighted by molar-refractivity contribution is 0.662. The molecule has 0 saturated carbocycles. The second-order valence-corrected chi connectivity index (χ2v) is 3.62. The third-order valence-corrected chi connectivity index (χ3v) is 2.54. The van der Waals surface area contributed by atoms with Crippen LogP contribution in [0.15, 0.2) is 18.6 Å². The maximum atomic E-state index is 5.80. The lowest BCUT2D eigenvalue weighted by Crippen LogP contribution is -2.05. The third kappa shape index (κ3) is 2.35. The summed E-state index contributed by atoms with van der Waals surface area (Å²) in [6.07, 6.45) is 4.15. The van der Waals surface area contributed by atoms with Gasteiger partial charge in [0.1, 0.15) is 18.0 Å². The summed E-state index contributed by atoms with van der Waals surface area (Å²) in [5.74, 6) is 2.00. The van der Waals surface area contributed by atoms with E-state index < -0.39 is 0 Å². The van der Waals surface area contributed by atoms with Crippen molar-refractivity contribution in [3.63, 3.8) is 0 Å². The molecule has 17 heavy (non-hydrogen) atoms. The van der Waals surface area contributed by atoms with Crippen LogP contribution in [0.2, 0.25) is 0 Å². The highest BCUT2D eigenvalue weighted by Gasteiger charge is 2.08. The predicted molar refractivity (Wildman–Crippen MR) is 67.0 cm³/mol. The summed E-state index contributed by atoms with van der Waals surface area (Å²) in [6, 6.07) is 1.90. The molecule has 2 aromatic rings. The summed E-state index contributed by atoms with van der Waals surface area (Å²) >= 11 is 0. The van der Waals surface area contributed by atoms with Gasteiger partial charge in [-0.25, -0.2) is 9.97 Å². The van der Waals surface area contributed by atoms with E-state index in [0.29, 0.717) is 5.82 Å². The van der Waals surface area contributed by atoms with Crippen LogP contribution in [0.25, 0.3) is 0 Å². The molecule has 0 aliphatic rings. The molecule has 0 bridgehead atoms. The molecule has 6 nitrogen and oxygen atoms in total. The van der Waals surface area contributed by atoms with Gasteiger partial charge in [-0.3, -0.25) is 4.68 Å². The van der Waals surface area contributed by atoms with Crippen molar-refractivity contribution in [1.82, 2.24) is 19.7 Å². The van der Waals surface area contributed by atoms with E-state index in [2.05, 4.69) is 20.4 Å². The minimum Gasteiger partial charge on any atom is -0.383 e. The van der Waals surface area contributed by atoms with Gasteiger partial charge in [-0.15, -0.1) is 0 Å². The highest BCUT2D eigenvalue weighted by atomic mass is 15.3.